The Morgan fingerprint density at radius 3 is 2.27 bits per heavy atom. The van der Waals surface area contributed by atoms with Crippen LogP contribution in [-0.2, 0) is 6.42 Å². The highest BCUT2D eigenvalue weighted by Gasteiger charge is 2.01. The van der Waals surface area contributed by atoms with Gasteiger partial charge in [-0.05, 0) is 44.4 Å². The summed E-state index contributed by atoms with van der Waals surface area (Å²) in [6.45, 7) is 6.22. The summed E-state index contributed by atoms with van der Waals surface area (Å²) in [6, 6.07) is 8.42. The van der Waals surface area contributed by atoms with Crippen LogP contribution in [0.25, 0.3) is 0 Å². The van der Waals surface area contributed by atoms with Crippen molar-refractivity contribution in [2.75, 3.05) is 0 Å². The van der Waals surface area contributed by atoms with Gasteiger partial charge in [0.25, 0.3) is 0 Å². The zero-order valence-electron chi connectivity index (χ0n) is 9.86. The first-order chi connectivity index (χ1) is 7.11. The summed E-state index contributed by atoms with van der Waals surface area (Å²) in [5, 5.41) is 0. The summed E-state index contributed by atoms with van der Waals surface area (Å²) >= 11 is 0. The van der Waals surface area contributed by atoms with Crippen LogP contribution in [0, 0.1) is 0 Å². The number of ether oxygens (including phenoxy) is 1. The van der Waals surface area contributed by atoms with Crippen molar-refractivity contribution in [1.82, 2.24) is 0 Å². The first-order valence-corrected chi connectivity index (χ1v) is 5.63. The van der Waals surface area contributed by atoms with Crippen LogP contribution in [0.1, 0.15) is 32.8 Å². The minimum Gasteiger partial charge on any atom is -0.491 e. The van der Waals surface area contributed by atoms with Crippen molar-refractivity contribution in [2.45, 2.75) is 45.8 Å². The van der Waals surface area contributed by atoms with E-state index in [1.165, 1.54) is 5.56 Å². The standard InChI is InChI=1S/C13H21NO/c1-4-11(3)15-13-7-5-12(6-8-13)9-10(2)14/h5-8,10-11H,4,9,14H2,1-3H3/t10-,11?/m0/s1. The van der Waals surface area contributed by atoms with Crippen molar-refractivity contribution in [2.24, 2.45) is 5.73 Å². The summed E-state index contributed by atoms with van der Waals surface area (Å²) in [4.78, 5) is 0. The summed E-state index contributed by atoms with van der Waals surface area (Å²) in [7, 11) is 0. The van der Waals surface area contributed by atoms with E-state index in [9.17, 15) is 0 Å². The highest BCUT2D eigenvalue weighted by molar-refractivity contribution is 5.27. The number of benzene rings is 1. The lowest BCUT2D eigenvalue weighted by Gasteiger charge is -2.13. The molecule has 15 heavy (non-hydrogen) atoms. The van der Waals surface area contributed by atoms with Crippen LogP contribution in [0.15, 0.2) is 24.3 Å². The lowest BCUT2D eigenvalue weighted by Crippen LogP contribution is -2.17. The molecule has 0 bridgehead atoms. The lowest BCUT2D eigenvalue weighted by molar-refractivity contribution is 0.217. The molecule has 0 aromatic heterocycles. The van der Waals surface area contributed by atoms with Crippen LogP contribution in [-0.4, -0.2) is 12.1 Å². The van der Waals surface area contributed by atoms with Gasteiger partial charge in [-0.3, -0.25) is 0 Å². The average Bonchev–Trinajstić information content (AvgIpc) is 2.20. The Bertz CT molecular complexity index is 279. The van der Waals surface area contributed by atoms with E-state index in [-0.39, 0.29) is 12.1 Å². The number of hydrogen-bond acceptors (Lipinski definition) is 2. The number of hydrogen-bond donors (Lipinski definition) is 1. The van der Waals surface area contributed by atoms with E-state index < -0.39 is 0 Å². The maximum atomic E-state index is 5.73. The van der Waals surface area contributed by atoms with Gasteiger partial charge in [0.05, 0.1) is 6.10 Å². The first kappa shape index (κ1) is 12.1. The minimum atomic E-state index is 0.214. The molecule has 2 nitrogen and oxygen atoms in total. The molecule has 0 fully saturated rings. The molecule has 0 aliphatic rings. The van der Waals surface area contributed by atoms with Gasteiger partial charge in [0.15, 0.2) is 0 Å². The molecule has 2 atom stereocenters. The topological polar surface area (TPSA) is 35.2 Å². The fourth-order valence-corrected chi connectivity index (χ4v) is 1.39. The molecule has 1 aromatic rings. The monoisotopic (exact) mass is 207 g/mol. The fraction of sp³-hybridized carbons (Fsp3) is 0.538. The first-order valence-electron chi connectivity index (χ1n) is 5.63. The van der Waals surface area contributed by atoms with Gasteiger partial charge in [0.1, 0.15) is 5.75 Å². The number of rotatable bonds is 5. The summed E-state index contributed by atoms with van der Waals surface area (Å²) in [5.74, 6) is 0.942. The van der Waals surface area contributed by atoms with Crippen molar-refractivity contribution in [1.29, 1.82) is 0 Å². The molecule has 0 heterocycles. The van der Waals surface area contributed by atoms with E-state index in [1.807, 2.05) is 19.1 Å². The van der Waals surface area contributed by atoms with Gasteiger partial charge in [-0.2, -0.15) is 0 Å². The molecule has 1 aromatic carbocycles. The predicted octanol–water partition coefficient (Wildman–Crippen LogP) is 2.75. The Morgan fingerprint density at radius 2 is 1.80 bits per heavy atom. The molecular weight excluding hydrogens is 186 g/mol. The summed E-state index contributed by atoms with van der Waals surface area (Å²) < 4.78 is 5.69. The maximum Gasteiger partial charge on any atom is 0.119 e. The van der Waals surface area contributed by atoms with E-state index in [0.717, 1.165) is 18.6 Å². The maximum absolute atomic E-state index is 5.73. The Kier molecular flexibility index (Phi) is 4.63. The van der Waals surface area contributed by atoms with Crippen molar-refractivity contribution in [3.63, 3.8) is 0 Å². The van der Waals surface area contributed by atoms with E-state index in [1.54, 1.807) is 0 Å². The van der Waals surface area contributed by atoms with Crippen LogP contribution in [0.2, 0.25) is 0 Å². The third-order valence-corrected chi connectivity index (χ3v) is 2.39. The van der Waals surface area contributed by atoms with Crippen LogP contribution in [0.5, 0.6) is 5.75 Å². The van der Waals surface area contributed by atoms with Gasteiger partial charge < -0.3 is 10.5 Å². The quantitative estimate of drug-likeness (QED) is 0.805. The average molecular weight is 207 g/mol. The summed E-state index contributed by atoms with van der Waals surface area (Å²) in [6.07, 6.45) is 2.23. The largest absolute Gasteiger partial charge is 0.491 e. The molecule has 0 amide bonds. The number of nitrogens with two attached hydrogens (primary N) is 1. The van der Waals surface area contributed by atoms with E-state index in [0.29, 0.717) is 0 Å². The molecule has 2 heteroatoms. The Morgan fingerprint density at radius 1 is 1.20 bits per heavy atom. The summed E-state index contributed by atoms with van der Waals surface area (Å²) in [5.41, 5.74) is 7.00. The van der Waals surface area contributed by atoms with Gasteiger partial charge in [0.2, 0.25) is 0 Å². The zero-order valence-corrected chi connectivity index (χ0v) is 9.86. The molecule has 0 radical (unpaired) electrons. The zero-order chi connectivity index (χ0) is 11.3. The van der Waals surface area contributed by atoms with Crippen LogP contribution < -0.4 is 10.5 Å². The highest BCUT2D eigenvalue weighted by Crippen LogP contribution is 2.15. The van der Waals surface area contributed by atoms with Gasteiger partial charge >= 0.3 is 0 Å². The smallest absolute Gasteiger partial charge is 0.119 e. The van der Waals surface area contributed by atoms with Crippen LogP contribution >= 0.6 is 0 Å². The molecule has 0 aliphatic heterocycles. The van der Waals surface area contributed by atoms with Crippen molar-refractivity contribution in [3.05, 3.63) is 29.8 Å². The lowest BCUT2D eigenvalue weighted by atomic mass is 10.1. The predicted molar refractivity (Wildman–Crippen MR) is 64.2 cm³/mol. The van der Waals surface area contributed by atoms with Gasteiger partial charge in [-0.15, -0.1) is 0 Å². The molecule has 1 rings (SSSR count). The van der Waals surface area contributed by atoms with Crippen molar-refractivity contribution in [3.8, 4) is 5.75 Å². The second-order valence-corrected chi connectivity index (χ2v) is 4.16. The van der Waals surface area contributed by atoms with E-state index in [2.05, 4.69) is 26.0 Å². The van der Waals surface area contributed by atoms with Crippen molar-refractivity contribution >= 4 is 0 Å². The Hall–Kier alpha value is -1.02. The third-order valence-electron chi connectivity index (χ3n) is 2.39. The Labute approximate surface area is 92.4 Å². The van der Waals surface area contributed by atoms with Gasteiger partial charge in [-0.1, -0.05) is 19.1 Å². The molecule has 1 unspecified atom stereocenters. The molecule has 0 saturated carbocycles. The fourth-order valence-electron chi connectivity index (χ4n) is 1.39. The van der Waals surface area contributed by atoms with Gasteiger partial charge in [0, 0.05) is 6.04 Å². The second-order valence-electron chi connectivity index (χ2n) is 4.16. The second kappa shape index (κ2) is 5.76. The van der Waals surface area contributed by atoms with E-state index in [4.69, 9.17) is 10.5 Å². The highest BCUT2D eigenvalue weighted by atomic mass is 16.5. The molecule has 2 N–H and O–H groups in total. The molecular formula is C13H21NO. The molecule has 0 aliphatic carbocycles. The molecule has 84 valence electrons. The minimum absolute atomic E-state index is 0.214. The SMILES string of the molecule is CCC(C)Oc1ccc(C[C@H](C)N)cc1. The normalized spacial score (nSPS) is 14.7. The Balaban J connectivity index is 2.56. The third kappa shape index (κ3) is 4.34. The van der Waals surface area contributed by atoms with E-state index >= 15 is 0 Å². The van der Waals surface area contributed by atoms with Gasteiger partial charge in [-0.25, -0.2) is 0 Å². The molecule has 0 spiro atoms. The van der Waals surface area contributed by atoms with Crippen LogP contribution in [0.3, 0.4) is 0 Å². The molecule has 0 saturated heterocycles. The van der Waals surface area contributed by atoms with Crippen molar-refractivity contribution < 1.29 is 4.74 Å². The van der Waals surface area contributed by atoms with Crippen LogP contribution in [0.4, 0.5) is 0 Å².